The van der Waals surface area contributed by atoms with Gasteiger partial charge in [-0.15, -0.1) is 0 Å². The van der Waals surface area contributed by atoms with Gasteiger partial charge in [0.2, 0.25) is 5.91 Å². The molecule has 0 saturated carbocycles. The van der Waals surface area contributed by atoms with E-state index in [0.717, 1.165) is 0 Å². The van der Waals surface area contributed by atoms with Crippen LogP contribution in [-0.4, -0.2) is 19.1 Å². The van der Waals surface area contributed by atoms with Crippen molar-refractivity contribution in [1.82, 2.24) is 0 Å². The van der Waals surface area contributed by atoms with E-state index in [1.807, 2.05) is 6.92 Å². The molecule has 0 fully saturated rings. The number of anilines is 1. The van der Waals surface area contributed by atoms with Gasteiger partial charge in [0.05, 0.1) is 5.41 Å². The Balaban J connectivity index is 2.79. The van der Waals surface area contributed by atoms with Gasteiger partial charge in [-0.2, -0.15) is 8.78 Å². The number of halogens is 2. The van der Waals surface area contributed by atoms with Crippen molar-refractivity contribution in [3.05, 3.63) is 24.3 Å². The molecule has 6 heteroatoms. The number of nitrogens with two attached hydrogens (primary N) is 1. The van der Waals surface area contributed by atoms with Crippen LogP contribution < -0.4 is 15.8 Å². The Bertz CT molecular complexity index is 434. The van der Waals surface area contributed by atoms with Crippen LogP contribution in [0.1, 0.15) is 20.3 Å². The molecule has 106 valence electrons. The van der Waals surface area contributed by atoms with E-state index in [1.165, 1.54) is 18.2 Å². The van der Waals surface area contributed by atoms with Gasteiger partial charge in [0.25, 0.3) is 0 Å². The number of hydrogen-bond donors (Lipinski definition) is 2. The molecule has 1 unspecified atom stereocenters. The lowest BCUT2D eigenvalue weighted by atomic mass is 9.86. The topological polar surface area (TPSA) is 64.4 Å². The highest BCUT2D eigenvalue weighted by molar-refractivity contribution is 5.95. The van der Waals surface area contributed by atoms with Gasteiger partial charge in [-0.1, -0.05) is 13.0 Å². The molecular weight excluding hydrogens is 254 g/mol. The Kier molecular flexibility index (Phi) is 5.23. The van der Waals surface area contributed by atoms with Gasteiger partial charge in [0.1, 0.15) is 5.75 Å². The van der Waals surface area contributed by atoms with Crippen LogP contribution in [0.2, 0.25) is 0 Å². The first-order valence-electron chi connectivity index (χ1n) is 5.97. The standard InChI is InChI=1S/C13H18F2N2O2/c1-3-13(2,8-16)11(18)17-9-5-4-6-10(7-9)19-12(14)15/h4-7,12H,3,8,16H2,1-2H3,(H,17,18). The van der Waals surface area contributed by atoms with Crippen molar-refractivity contribution in [2.24, 2.45) is 11.1 Å². The van der Waals surface area contributed by atoms with Gasteiger partial charge < -0.3 is 15.8 Å². The van der Waals surface area contributed by atoms with Gasteiger partial charge in [-0.25, -0.2) is 0 Å². The van der Waals surface area contributed by atoms with Crippen LogP contribution in [0.5, 0.6) is 5.75 Å². The highest BCUT2D eigenvalue weighted by atomic mass is 19.3. The smallest absolute Gasteiger partial charge is 0.387 e. The zero-order valence-corrected chi connectivity index (χ0v) is 11.0. The molecule has 4 nitrogen and oxygen atoms in total. The zero-order valence-electron chi connectivity index (χ0n) is 11.0. The third-order valence-corrected chi connectivity index (χ3v) is 3.10. The fourth-order valence-corrected chi connectivity index (χ4v) is 1.43. The van der Waals surface area contributed by atoms with E-state index >= 15 is 0 Å². The second-order valence-electron chi connectivity index (χ2n) is 4.48. The van der Waals surface area contributed by atoms with E-state index in [2.05, 4.69) is 10.1 Å². The Morgan fingerprint density at radius 1 is 1.53 bits per heavy atom. The quantitative estimate of drug-likeness (QED) is 0.836. The first kappa shape index (κ1) is 15.4. The third-order valence-electron chi connectivity index (χ3n) is 3.10. The van der Waals surface area contributed by atoms with Crippen molar-refractivity contribution < 1.29 is 18.3 Å². The zero-order chi connectivity index (χ0) is 14.5. The Labute approximate surface area is 110 Å². The molecule has 1 amide bonds. The number of nitrogens with one attached hydrogen (secondary N) is 1. The van der Waals surface area contributed by atoms with Crippen molar-refractivity contribution >= 4 is 11.6 Å². The highest BCUT2D eigenvalue weighted by Gasteiger charge is 2.29. The number of ether oxygens (including phenoxy) is 1. The van der Waals surface area contributed by atoms with E-state index in [0.29, 0.717) is 12.1 Å². The Hall–Kier alpha value is -1.69. The molecule has 0 heterocycles. The van der Waals surface area contributed by atoms with Gasteiger partial charge in [-0.3, -0.25) is 4.79 Å². The third kappa shape index (κ3) is 4.17. The summed E-state index contributed by atoms with van der Waals surface area (Å²) < 4.78 is 28.4. The summed E-state index contributed by atoms with van der Waals surface area (Å²) in [5.74, 6) is -0.245. The number of carbonyl (C=O) groups is 1. The lowest BCUT2D eigenvalue weighted by Crippen LogP contribution is -2.39. The molecule has 0 saturated heterocycles. The fourth-order valence-electron chi connectivity index (χ4n) is 1.43. The fraction of sp³-hybridized carbons (Fsp3) is 0.462. The molecule has 0 spiro atoms. The Morgan fingerprint density at radius 3 is 2.74 bits per heavy atom. The lowest BCUT2D eigenvalue weighted by molar-refractivity contribution is -0.124. The second kappa shape index (κ2) is 6.47. The minimum absolute atomic E-state index is 0.00116. The predicted octanol–water partition coefficient (Wildman–Crippen LogP) is 2.60. The maximum absolute atomic E-state index is 12.1. The van der Waals surface area contributed by atoms with Crippen LogP contribution in [0.4, 0.5) is 14.5 Å². The summed E-state index contributed by atoms with van der Waals surface area (Å²) in [4.78, 5) is 12.0. The van der Waals surface area contributed by atoms with Gasteiger partial charge in [0, 0.05) is 18.3 Å². The molecular formula is C13H18F2N2O2. The average molecular weight is 272 g/mol. The average Bonchev–Trinajstić information content (AvgIpc) is 2.37. The van der Waals surface area contributed by atoms with Gasteiger partial charge >= 0.3 is 6.61 Å². The van der Waals surface area contributed by atoms with E-state index in [-0.39, 0.29) is 18.2 Å². The number of benzene rings is 1. The van der Waals surface area contributed by atoms with Crippen molar-refractivity contribution in [2.45, 2.75) is 26.9 Å². The molecule has 0 aliphatic heterocycles. The molecule has 0 aliphatic carbocycles. The van der Waals surface area contributed by atoms with Gasteiger partial charge in [-0.05, 0) is 25.5 Å². The van der Waals surface area contributed by atoms with Crippen molar-refractivity contribution in [2.75, 3.05) is 11.9 Å². The van der Waals surface area contributed by atoms with Crippen LogP contribution in [0, 0.1) is 5.41 Å². The molecule has 0 bridgehead atoms. The maximum atomic E-state index is 12.1. The van der Waals surface area contributed by atoms with Crippen molar-refractivity contribution in [1.29, 1.82) is 0 Å². The second-order valence-corrected chi connectivity index (χ2v) is 4.48. The van der Waals surface area contributed by atoms with E-state index in [4.69, 9.17) is 5.73 Å². The Morgan fingerprint density at radius 2 is 2.21 bits per heavy atom. The molecule has 19 heavy (non-hydrogen) atoms. The normalized spacial score (nSPS) is 14.0. The first-order valence-corrected chi connectivity index (χ1v) is 5.97. The SMILES string of the molecule is CCC(C)(CN)C(=O)Nc1cccc(OC(F)F)c1. The molecule has 1 aromatic rings. The summed E-state index contributed by atoms with van der Waals surface area (Å²) in [6.45, 7) is 0.934. The minimum atomic E-state index is -2.89. The molecule has 0 radical (unpaired) electrons. The summed E-state index contributed by atoms with van der Waals surface area (Å²) in [5, 5.41) is 2.65. The number of hydrogen-bond acceptors (Lipinski definition) is 3. The number of rotatable bonds is 6. The largest absolute Gasteiger partial charge is 0.435 e. The molecule has 3 N–H and O–H groups in total. The van der Waals surface area contributed by atoms with Crippen LogP contribution in [0.15, 0.2) is 24.3 Å². The molecule has 1 rings (SSSR count). The summed E-state index contributed by atoms with van der Waals surface area (Å²) >= 11 is 0. The summed E-state index contributed by atoms with van der Waals surface area (Å²) in [7, 11) is 0. The van der Waals surface area contributed by atoms with E-state index in [9.17, 15) is 13.6 Å². The predicted molar refractivity (Wildman–Crippen MR) is 69.2 cm³/mol. The summed E-state index contributed by atoms with van der Waals surface area (Å²) in [6, 6.07) is 5.86. The minimum Gasteiger partial charge on any atom is -0.435 e. The summed E-state index contributed by atoms with van der Waals surface area (Å²) in [5.41, 5.74) is 5.30. The van der Waals surface area contributed by atoms with Crippen molar-refractivity contribution in [3.8, 4) is 5.75 Å². The van der Waals surface area contributed by atoms with Crippen LogP contribution in [0.3, 0.4) is 0 Å². The summed E-state index contributed by atoms with van der Waals surface area (Å²) in [6.07, 6.45) is 0.586. The number of alkyl halides is 2. The van der Waals surface area contributed by atoms with Crippen LogP contribution >= 0.6 is 0 Å². The van der Waals surface area contributed by atoms with Crippen molar-refractivity contribution in [3.63, 3.8) is 0 Å². The molecule has 1 atom stereocenters. The van der Waals surface area contributed by atoms with Crippen LogP contribution in [-0.2, 0) is 4.79 Å². The molecule has 0 aliphatic rings. The maximum Gasteiger partial charge on any atom is 0.387 e. The first-order chi connectivity index (χ1) is 8.91. The number of carbonyl (C=O) groups excluding carboxylic acids is 1. The molecule has 0 aromatic heterocycles. The lowest BCUT2D eigenvalue weighted by Gasteiger charge is -2.25. The number of amides is 1. The van der Waals surface area contributed by atoms with E-state index < -0.39 is 12.0 Å². The van der Waals surface area contributed by atoms with Gasteiger partial charge in [0.15, 0.2) is 0 Å². The highest BCUT2D eigenvalue weighted by Crippen LogP contribution is 2.24. The van der Waals surface area contributed by atoms with Crippen LogP contribution in [0.25, 0.3) is 0 Å². The van der Waals surface area contributed by atoms with E-state index in [1.54, 1.807) is 13.0 Å². The monoisotopic (exact) mass is 272 g/mol. The molecule has 1 aromatic carbocycles.